The number of pyridine rings is 1. The third kappa shape index (κ3) is 2.81. The van der Waals surface area contributed by atoms with Crippen molar-refractivity contribution in [2.75, 3.05) is 0 Å². The number of nitrogens with zero attached hydrogens (tertiary/aromatic N) is 2. The molecule has 29 heavy (non-hydrogen) atoms. The highest BCUT2D eigenvalue weighted by atomic mass is 15.0. The molecule has 0 unspecified atom stereocenters. The molecule has 5 rings (SSSR count). The standard InChI is InChI=1S/C27H28N2/c1-19-26-22-18-28-17-16-24(22)29(21-12-5-4-6-13-21)25(26)15-9-11-20-10-7-8-14-23(20)27(19,2)3/h4-6,9,12-13,15-18H,1,7-8,10-11,14H2,2-3H3/b15-9-. The van der Waals surface area contributed by atoms with Gasteiger partial charge in [-0.25, -0.2) is 0 Å². The maximum atomic E-state index is 4.69. The normalized spacial score (nSPS) is 19.9. The van der Waals surface area contributed by atoms with E-state index in [1.54, 1.807) is 11.1 Å². The SMILES string of the molecule is C=C1c2c(n(-c3ccccc3)c3ccncc23)/C=C\CC2=C(CCCC2)C1(C)C. The fourth-order valence-corrected chi connectivity index (χ4v) is 5.24. The van der Waals surface area contributed by atoms with Gasteiger partial charge in [0.1, 0.15) is 0 Å². The zero-order valence-electron chi connectivity index (χ0n) is 17.4. The van der Waals surface area contributed by atoms with Crippen molar-refractivity contribution >= 4 is 22.6 Å². The lowest BCUT2D eigenvalue weighted by molar-refractivity contribution is 0.515. The molecule has 2 heterocycles. The predicted octanol–water partition coefficient (Wildman–Crippen LogP) is 7.35. The number of allylic oxidation sites excluding steroid dienone is 4. The lowest BCUT2D eigenvalue weighted by Gasteiger charge is -2.35. The molecule has 0 radical (unpaired) electrons. The number of para-hydroxylation sites is 1. The van der Waals surface area contributed by atoms with Crippen molar-refractivity contribution in [2.24, 2.45) is 5.41 Å². The highest BCUT2D eigenvalue weighted by molar-refractivity contribution is 5.99. The van der Waals surface area contributed by atoms with E-state index in [4.69, 9.17) is 6.58 Å². The molecule has 0 atom stereocenters. The van der Waals surface area contributed by atoms with Crippen molar-refractivity contribution in [1.29, 1.82) is 0 Å². The summed E-state index contributed by atoms with van der Waals surface area (Å²) < 4.78 is 2.37. The van der Waals surface area contributed by atoms with E-state index in [1.165, 1.54) is 59.1 Å². The van der Waals surface area contributed by atoms with Crippen molar-refractivity contribution in [2.45, 2.75) is 46.0 Å². The van der Waals surface area contributed by atoms with Crippen LogP contribution in [0.2, 0.25) is 0 Å². The van der Waals surface area contributed by atoms with E-state index >= 15 is 0 Å². The van der Waals surface area contributed by atoms with Crippen molar-refractivity contribution in [3.8, 4) is 5.69 Å². The quantitative estimate of drug-likeness (QED) is 0.403. The Morgan fingerprint density at radius 1 is 1.03 bits per heavy atom. The van der Waals surface area contributed by atoms with Crippen LogP contribution in [0.1, 0.15) is 57.2 Å². The van der Waals surface area contributed by atoms with Crippen LogP contribution in [0.4, 0.5) is 0 Å². The lowest BCUT2D eigenvalue weighted by Crippen LogP contribution is -2.20. The van der Waals surface area contributed by atoms with E-state index in [-0.39, 0.29) is 5.41 Å². The van der Waals surface area contributed by atoms with Crippen molar-refractivity contribution in [1.82, 2.24) is 9.55 Å². The van der Waals surface area contributed by atoms with Gasteiger partial charge in [0.15, 0.2) is 0 Å². The molecule has 0 aliphatic heterocycles. The average molecular weight is 381 g/mol. The minimum Gasteiger partial charge on any atom is -0.309 e. The van der Waals surface area contributed by atoms with E-state index < -0.39 is 0 Å². The molecule has 0 saturated carbocycles. The lowest BCUT2D eigenvalue weighted by atomic mass is 9.69. The van der Waals surface area contributed by atoms with Gasteiger partial charge >= 0.3 is 0 Å². The van der Waals surface area contributed by atoms with Gasteiger partial charge in [-0.15, -0.1) is 0 Å². The van der Waals surface area contributed by atoms with Crippen LogP contribution in [-0.4, -0.2) is 9.55 Å². The fraction of sp³-hybridized carbons (Fsp3) is 0.296. The zero-order chi connectivity index (χ0) is 20.0. The summed E-state index contributed by atoms with van der Waals surface area (Å²) in [6.45, 7) is 9.43. The first kappa shape index (κ1) is 18.2. The average Bonchev–Trinajstić information content (AvgIpc) is 3.08. The van der Waals surface area contributed by atoms with Crippen LogP contribution >= 0.6 is 0 Å². The molecule has 146 valence electrons. The minimum absolute atomic E-state index is 0.0534. The van der Waals surface area contributed by atoms with E-state index in [2.05, 4.69) is 71.9 Å². The van der Waals surface area contributed by atoms with Crippen molar-refractivity contribution < 1.29 is 0 Å². The first-order valence-electron chi connectivity index (χ1n) is 10.7. The van der Waals surface area contributed by atoms with Crippen LogP contribution in [0.25, 0.3) is 28.2 Å². The van der Waals surface area contributed by atoms with E-state index in [0.29, 0.717) is 0 Å². The summed E-state index contributed by atoms with van der Waals surface area (Å²) in [5.74, 6) is 0. The molecule has 2 aliphatic carbocycles. The number of rotatable bonds is 1. The molecule has 2 heteroatoms. The topological polar surface area (TPSA) is 17.8 Å². The molecule has 2 aromatic heterocycles. The molecule has 0 saturated heterocycles. The Morgan fingerprint density at radius 3 is 2.66 bits per heavy atom. The summed E-state index contributed by atoms with van der Waals surface area (Å²) in [6, 6.07) is 12.8. The van der Waals surface area contributed by atoms with Gasteiger partial charge in [0.05, 0.1) is 11.2 Å². The van der Waals surface area contributed by atoms with Gasteiger partial charge < -0.3 is 4.57 Å². The Bertz CT molecular complexity index is 1160. The fourth-order valence-electron chi connectivity index (χ4n) is 5.24. The largest absolute Gasteiger partial charge is 0.309 e. The Morgan fingerprint density at radius 2 is 1.83 bits per heavy atom. The molecular weight excluding hydrogens is 352 g/mol. The third-order valence-electron chi connectivity index (χ3n) is 6.85. The second-order valence-electron chi connectivity index (χ2n) is 8.82. The summed E-state index contributed by atoms with van der Waals surface area (Å²) >= 11 is 0. The molecule has 2 nitrogen and oxygen atoms in total. The van der Waals surface area contributed by atoms with Gasteiger partial charge in [-0.3, -0.25) is 4.98 Å². The smallest absolute Gasteiger partial charge is 0.0572 e. The molecule has 0 amide bonds. The molecule has 1 aromatic carbocycles. The molecule has 0 N–H and O–H groups in total. The van der Waals surface area contributed by atoms with Gasteiger partial charge in [0.25, 0.3) is 0 Å². The zero-order valence-corrected chi connectivity index (χ0v) is 17.4. The van der Waals surface area contributed by atoms with Crippen LogP contribution in [0, 0.1) is 5.41 Å². The Labute approximate surface area is 173 Å². The van der Waals surface area contributed by atoms with Crippen LogP contribution in [0.15, 0.2) is 72.6 Å². The van der Waals surface area contributed by atoms with Crippen LogP contribution in [0.3, 0.4) is 0 Å². The van der Waals surface area contributed by atoms with Gasteiger partial charge in [-0.1, -0.05) is 55.8 Å². The highest BCUT2D eigenvalue weighted by Gasteiger charge is 2.34. The van der Waals surface area contributed by atoms with Gasteiger partial charge in [0.2, 0.25) is 0 Å². The number of hydrogen-bond donors (Lipinski definition) is 0. The van der Waals surface area contributed by atoms with Crippen molar-refractivity contribution in [3.05, 3.63) is 83.9 Å². The van der Waals surface area contributed by atoms with Crippen LogP contribution < -0.4 is 0 Å². The minimum atomic E-state index is -0.0534. The molecule has 0 bridgehead atoms. The summed E-state index contributed by atoms with van der Waals surface area (Å²) in [6.07, 6.45) is 14.6. The maximum Gasteiger partial charge on any atom is 0.0572 e. The summed E-state index contributed by atoms with van der Waals surface area (Å²) in [7, 11) is 0. The van der Waals surface area contributed by atoms with Crippen LogP contribution in [-0.2, 0) is 0 Å². The number of fused-ring (bicyclic) bond motifs is 3. The summed E-state index contributed by atoms with van der Waals surface area (Å²) in [5, 5.41) is 1.19. The first-order chi connectivity index (χ1) is 14.1. The Hall–Kier alpha value is -2.87. The second kappa shape index (κ2) is 6.88. The summed E-state index contributed by atoms with van der Waals surface area (Å²) in [5.41, 5.74) is 9.22. The van der Waals surface area contributed by atoms with E-state index in [9.17, 15) is 0 Å². The highest BCUT2D eigenvalue weighted by Crippen LogP contribution is 2.50. The molecule has 2 aliphatic rings. The van der Waals surface area contributed by atoms with Gasteiger partial charge in [0, 0.05) is 34.4 Å². The van der Waals surface area contributed by atoms with Crippen LogP contribution in [0.5, 0.6) is 0 Å². The number of hydrogen-bond acceptors (Lipinski definition) is 1. The van der Waals surface area contributed by atoms with Gasteiger partial charge in [-0.05, 0) is 62.0 Å². The molecule has 3 aromatic rings. The maximum absolute atomic E-state index is 4.69. The second-order valence-corrected chi connectivity index (χ2v) is 8.82. The van der Waals surface area contributed by atoms with E-state index in [1.807, 2.05) is 12.4 Å². The molecule has 0 fully saturated rings. The monoisotopic (exact) mass is 380 g/mol. The first-order valence-corrected chi connectivity index (χ1v) is 10.7. The Kier molecular flexibility index (Phi) is 4.31. The van der Waals surface area contributed by atoms with Gasteiger partial charge in [-0.2, -0.15) is 0 Å². The number of benzene rings is 1. The molecule has 0 spiro atoms. The Balaban J connectivity index is 1.83. The van der Waals surface area contributed by atoms with Crippen molar-refractivity contribution in [3.63, 3.8) is 0 Å². The van der Waals surface area contributed by atoms with E-state index in [0.717, 1.165) is 6.42 Å². The molecular formula is C27H28N2. The third-order valence-corrected chi connectivity index (χ3v) is 6.85. The summed E-state index contributed by atoms with van der Waals surface area (Å²) in [4.78, 5) is 4.48. The predicted molar refractivity (Wildman–Crippen MR) is 123 cm³/mol. The number of aromatic nitrogens is 2.